The van der Waals surface area contributed by atoms with Gasteiger partial charge in [0, 0.05) is 5.56 Å². The van der Waals surface area contributed by atoms with Gasteiger partial charge in [-0.3, -0.25) is 4.79 Å². The van der Waals surface area contributed by atoms with Crippen molar-refractivity contribution in [3.8, 4) is 0 Å². The quantitative estimate of drug-likeness (QED) is 0.555. The summed E-state index contributed by atoms with van der Waals surface area (Å²) in [6, 6.07) is 7.98. The van der Waals surface area contributed by atoms with E-state index in [-0.39, 0.29) is 12.3 Å². The number of hydrogen-bond acceptors (Lipinski definition) is 5. The Labute approximate surface area is 144 Å². The molecule has 2 rings (SSSR count). The van der Waals surface area contributed by atoms with Gasteiger partial charge in [0.15, 0.2) is 0 Å². The Hall–Kier alpha value is -3.42. The molecular formula is C17H18N4O4. The van der Waals surface area contributed by atoms with Crippen LogP contribution in [0, 0.1) is 0 Å². The molecule has 1 aliphatic rings. The van der Waals surface area contributed by atoms with E-state index in [4.69, 9.17) is 4.74 Å². The minimum absolute atomic E-state index is 0.0521. The molecule has 3 amide bonds. The number of nitrogens with zero attached hydrogens (tertiary/aromatic N) is 1. The van der Waals surface area contributed by atoms with Crippen molar-refractivity contribution in [3.05, 3.63) is 59.4 Å². The molecule has 1 aromatic carbocycles. The van der Waals surface area contributed by atoms with Gasteiger partial charge in [-0.25, -0.2) is 15.0 Å². The number of carbonyl (C=O) groups is 3. The van der Waals surface area contributed by atoms with Gasteiger partial charge >= 0.3 is 12.0 Å². The van der Waals surface area contributed by atoms with E-state index in [0.717, 1.165) is 0 Å². The van der Waals surface area contributed by atoms with Gasteiger partial charge in [-0.15, -0.1) is 0 Å². The highest BCUT2D eigenvalue weighted by atomic mass is 16.5. The number of hydrazone groups is 1. The smallest absolute Gasteiger partial charge is 0.354 e. The number of carbonyl (C=O) groups excluding carboxylic acids is 3. The maximum Gasteiger partial charge on any atom is 0.354 e. The minimum atomic E-state index is -0.682. The lowest BCUT2D eigenvalue weighted by Gasteiger charge is -2.14. The normalized spacial score (nSPS) is 15.8. The summed E-state index contributed by atoms with van der Waals surface area (Å²) in [4.78, 5) is 35.6. The first kappa shape index (κ1) is 17.9. The topological polar surface area (TPSA) is 109 Å². The van der Waals surface area contributed by atoms with Crippen LogP contribution in [0.3, 0.4) is 0 Å². The van der Waals surface area contributed by atoms with Crippen molar-refractivity contribution in [1.29, 1.82) is 0 Å². The van der Waals surface area contributed by atoms with Crippen LogP contribution in [0.5, 0.6) is 0 Å². The third-order valence-electron chi connectivity index (χ3n) is 3.16. The summed E-state index contributed by atoms with van der Waals surface area (Å²) in [6.07, 6.45) is 2.83. The fourth-order valence-corrected chi connectivity index (χ4v) is 1.92. The Morgan fingerprint density at radius 3 is 2.68 bits per heavy atom. The summed E-state index contributed by atoms with van der Waals surface area (Å²) >= 11 is 0. The average molecular weight is 342 g/mol. The first-order valence-corrected chi connectivity index (χ1v) is 7.58. The van der Waals surface area contributed by atoms with Crippen LogP contribution in [0.1, 0.15) is 24.2 Å². The Balaban J connectivity index is 2.25. The van der Waals surface area contributed by atoms with Crippen LogP contribution in [0.15, 0.2) is 59.0 Å². The molecule has 0 saturated carbocycles. The summed E-state index contributed by atoms with van der Waals surface area (Å²) in [5.74, 6) is -1.13. The number of urea groups is 1. The molecular weight excluding hydrogens is 324 g/mol. The lowest BCUT2D eigenvalue weighted by atomic mass is 10.2. The number of ether oxygens (including phenoxy) is 1. The molecule has 1 aliphatic heterocycles. The predicted octanol–water partition coefficient (Wildman–Crippen LogP) is 1.44. The van der Waals surface area contributed by atoms with Gasteiger partial charge in [0.05, 0.1) is 18.0 Å². The maximum absolute atomic E-state index is 12.2. The first-order chi connectivity index (χ1) is 12.0. The number of allylic oxidation sites excluding steroid dienone is 3. The van der Waals surface area contributed by atoms with Gasteiger partial charge in [-0.05, 0) is 38.1 Å². The van der Waals surface area contributed by atoms with Crippen molar-refractivity contribution in [3.63, 3.8) is 0 Å². The molecule has 3 N–H and O–H groups in total. The van der Waals surface area contributed by atoms with E-state index in [1.807, 2.05) is 0 Å². The monoisotopic (exact) mass is 342 g/mol. The van der Waals surface area contributed by atoms with E-state index in [1.165, 1.54) is 12.2 Å². The highest BCUT2D eigenvalue weighted by Crippen LogP contribution is 2.05. The molecule has 8 nitrogen and oxygen atoms in total. The molecule has 1 aromatic rings. The highest BCUT2D eigenvalue weighted by Gasteiger charge is 2.16. The summed E-state index contributed by atoms with van der Waals surface area (Å²) in [7, 11) is 0. The second-order valence-corrected chi connectivity index (χ2v) is 4.96. The largest absolute Gasteiger partial charge is 0.461 e. The Morgan fingerprint density at radius 2 is 2.00 bits per heavy atom. The third kappa shape index (κ3) is 5.03. The fraction of sp³-hybridized carbons (Fsp3) is 0.176. The SMILES string of the molecule is CCOC(=O)/C(=C/C=C1\NC(=O)NN=C1C)NC(=O)c1ccccc1. The molecule has 130 valence electrons. The molecule has 0 fully saturated rings. The lowest BCUT2D eigenvalue weighted by Crippen LogP contribution is -2.39. The maximum atomic E-state index is 12.2. The number of esters is 1. The number of nitrogens with one attached hydrogen (secondary N) is 3. The summed E-state index contributed by atoms with van der Waals surface area (Å²) < 4.78 is 4.95. The van der Waals surface area contributed by atoms with E-state index in [1.54, 1.807) is 44.2 Å². The van der Waals surface area contributed by atoms with E-state index < -0.39 is 17.9 Å². The van der Waals surface area contributed by atoms with Crippen molar-refractivity contribution in [1.82, 2.24) is 16.1 Å². The van der Waals surface area contributed by atoms with Crippen molar-refractivity contribution < 1.29 is 19.1 Å². The highest BCUT2D eigenvalue weighted by molar-refractivity contribution is 6.04. The molecule has 0 saturated heterocycles. The molecule has 0 spiro atoms. The van der Waals surface area contributed by atoms with Crippen LogP contribution in [0.4, 0.5) is 4.79 Å². The zero-order valence-corrected chi connectivity index (χ0v) is 13.8. The standard InChI is InChI=1S/C17H18N4O4/c1-3-25-16(23)14(18-15(22)12-7-5-4-6-8-12)10-9-13-11(2)20-21-17(24)19-13/h4-10H,3H2,1-2H3,(H,18,22)(H2,19,21,24)/b13-9-,14-10-. The van der Waals surface area contributed by atoms with Crippen molar-refractivity contribution in [2.24, 2.45) is 5.10 Å². The zero-order chi connectivity index (χ0) is 18.2. The van der Waals surface area contributed by atoms with Crippen LogP contribution < -0.4 is 16.1 Å². The van der Waals surface area contributed by atoms with Crippen LogP contribution in [0.2, 0.25) is 0 Å². The van der Waals surface area contributed by atoms with E-state index in [0.29, 0.717) is 17.0 Å². The van der Waals surface area contributed by atoms with Crippen molar-refractivity contribution in [2.45, 2.75) is 13.8 Å². The van der Waals surface area contributed by atoms with Crippen LogP contribution in [-0.2, 0) is 9.53 Å². The average Bonchev–Trinajstić information content (AvgIpc) is 2.62. The second-order valence-electron chi connectivity index (χ2n) is 4.96. The first-order valence-electron chi connectivity index (χ1n) is 7.58. The summed E-state index contributed by atoms with van der Waals surface area (Å²) in [5.41, 5.74) is 3.53. The van der Waals surface area contributed by atoms with Crippen molar-refractivity contribution in [2.75, 3.05) is 6.61 Å². The van der Waals surface area contributed by atoms with Crippen LogP contribution >= 0.6 is 0 Å². The number of hydrogen-bond donors (Lipinski definition) is 3. The predicted molar refractivity (Wildman–Crippen MR) is 91.5 cm³/mol. The zero-order valence-electron chi connectivity index (χ0n) is 13.8. The summed E-state index contributed by atoms with van der Waals surface area (Å²) in [5, 5.41) is 8.88. The molecule has 8 heteroatoms. The third-order valence-corrected chi connectivity index (χ3v) is 3.16. The van der Waals surface area contributed by atoms with Gasteiger partial charge in [-0.2, -0.15) is 5.10 Å². The summed E-state index contributed by atoms with van der Waals surface area (Å²) in [6.45, 7) is 3.50. The fourth-order valence-electron chi connectivity index (χ4n) is 1.92. The van der Waals surface area contributed by atoms with Gasteiger partial charge in [0.25, 0.3) is 5.91 Å². The van der Waals surface area contributed by atoms with E-state index in [9.17, 15) is 14.4 Å². The molecule has 0 unspecified atom stereocenters. The Morgan fingerprint density at radius 1 is 1.28 bits per heavy atom. The molecule has 0 atom stereocenters. The Kier molecular flexibility index (Phi) is 6.05. The van der Waals surface area contributed by atoms with Crippen molar-refractivity contribution >= 4 is 23.6 Å². The van der Waals surface area contributed by atoms with Crippen LogP contribution in [-0.4, -0.2) is 30.2 Å². The Bertz CT molecular complexity index is 766. The molecule has 0 aliphatic carbocycles. The minimum Gasteiger partial charge on any atom is -0.461 e. The van der Waals surface area contributed by atoms with Crippen LogP contribution in [0.25, 0.3) is 0 Å². The number of amides is 3. The molecule has 0 aromatic heterocycles. The van der Waals surface area contributed by atoms with Gasteiger partial charge in [0.2, 0.25) is 0 Å². The second kappa shape index (κ2) is 8.44. The van der Waals surface area contributed by atoms with E-state index >= 15 is 0 Å². The molecule has 0 bridgehead atoms. The van der Waals surface area contributed by atoms with Gasteiger partial charge < -0.3 is 15.4 Å². The van der Waals surface area contributed by atoms with E-state index in [2.05, 4.69) is 21.2 Å². The number of rotatable bonds is 5. The van der Waals surface area contributed by atoms with Gasteiger partial charge in [0.1, 0.15) is 5.70 Å². The molecule has 25 heavy (non-hydrogen) atoms. The number of benzene rings is 1. The molecule has 0 radical (unpaired) electrons. The molecule has 1 heterocycles. The lowest BCUT2D eigenvalue weighted by molar-refractivity contribution is -0.138. The van der Waals surface area contributed by atoms with Gasteiger partial charge in [-0.1, -0.05) is 18.2 Å².